The van der Waals surface area contributed by atoms with Crippen LogP contribution in [-0.2, 0) is 15.3 Å². The highest BCUT2D eigenvalue weighted by Crippen LogP contribution is 2.41. The smallest absolute Gasteiger partial charge is 0.195 e. The highest BCUT2D eigenvalue weighted by Gasteiger charge is 2.44. The van der Waals surface area contributed by atoms with Crippen LogP contribution in [0.25, 0.3) is 0 Å². The number of alkyl halides is 1. The third kappa shape index (κ3) is 3.99. The van der Waals surface area contributed by atoms with Crippen molar-refractivity contribution in [2.24, 2.45) is 0 Å². The quantitative estimate of drug-likeness (QED) is 0.666. The molecule has 1 aromatic rings. The summed E-state index contributed by atoms with van der Waals surface area (Å²) in [6.07, 6.45) is 3.08. The van der Waals surface area contributed by atoms with Crippen LogP contribution in [0.4, 0.5) is 0 Å². The molecule has 4 heteroatoms. The summed E-state index contributed by atoms with van der Waals surface area (Å²) in [5, 5.41) is 0.946. The van der Waals surface area contributed by atoms with Gasteiger partial charge in [-0.15, -0.1) is 0 Å². The van der Waals surface area contributed by atoms with Crippen LogP contribution in [0.15, 0.2) is 24.3 Å². The zero-order valence-electron chi connectivity index (χ0n) is 13.1. The SMILES string of the molecule is CCCOc1ccc(C2(CCCBr)OC(C)C(C)O2)cc1. The number of rotatable bonds is 7. The lowest BCUT2D eigenvalue weighted by molar-refractivity contribution is -0.186. The van der Waals surface area contributed by atoms with Gasteiger partial charge in [0, 0.05) is 17.3 Å². The Labute approximate surface area is 136 Å². The molecule has 0 aromatic heterocycles. The van der Waals surface area contributed by atoms with Gasteiger partial charge in [0.2, 0.25) is 0 Å². The van der Waals surface area contributed by atoms with Crippen molar-refractivity contribution in [2.45, 2.75) is 58.0 Å². The fraction of sp³-hybridized carbons (Fsp3) is 0.647. The first-order chi connectivity index (χ1) is 10.1. The monoisotopic (exact) mass is 356 g/mol. The molecule has 1 heterocycles. The van der Waals surface area contributed by atoms with Gasteiger partial charge in [0.25, 0.3) is 0 Å². The van der Waals surface area contributed by atoms with E-state index in [0.29, 0.717) is 0 Å². The predicted molar refractivity (Wildman–Crippen MR) is 88.0 cm³/mol. The van der Waals surface area contributed by atoms with Crippen molar-refractivity contribution < 1.29 is 14.2 Å². The molecular formula is C17H25BrO3. The molecule has 2 atom stereocenters. The lowest BCUT2D eigenvalue weighted by atomic mass is 10.0. The lowest BCUT2D eigenvalue weighted by Gasteiger charge is -2.28. The highest BCUT2D eigenvalue weighted by molar-refractivity contribution is 9.09. The van der Waals surface area contributed by atoms with E-state index >= 15 is 0 Å². The normalized spacial score (nSPS) is 28.8. The molecule has 0 aliphatic carbocycles. The number of hydrogen-bond acceptors (Lipinski definition) is 3. The van der Waals surface area contributed by atoms with E-state index in [1.165, 1.54) is 0 Å². The van der Waals surface area contributed by atoms with E-state index in [4.69, 9.17) is 14.2 Å². The molecule has 0 amide bonds. The van der Waals surface area contributed by atoms with Crippen LogP contribution in [0.1, 0.15) is 45.6 Å². The van der Waals surface area contributed by atoms with Gasteiger partial charge < -0.3 is 14.2 Å². The maximum Gasteiger partial charge on any atom is 0.195 e. The fourth-order valence-electron chi connectivity index (χ4n) is 2.54. The molecule has 1 aliphatic heterocycles. The van der Waals surface area contributed by atoms with Gasteiger partial charge in [-0.05, 0) is 51.0 Å². The summed E-state index contributed by atoms with van der Waals surface area (Å²) in [5.41, 5.74) is 1.07. The molecule has 2 unspecified atom stereocenters. The molecule has 0 N–H and O–H groups in total. The average Bonchev–Trinajstić information content (AvgIpc) is 2.79. The van der Waals surface area contributed by atoms with Crippen molar-refractivity contribution in [3.8, 4) is 5.75 Å². The van der Waals surface area contributed by atoms with Gasteiger partial charge in [-0.25, -0.2) is 0 Å². The van der Waals surface area contributed by atoms with Gasteiger partial charge in [-0.1, -0.05) is 22.9 Å². The Bertz CT molecular complexity index is 422. The molecule has 0 spiro atoms. The minimum absolute atomic E-state index is 0.108. The number of benzene rings is 1. The Morgan fingerprint density at radius 3 is 2.29 bits per heavy atom. The van der Waals surface area contributed by atoms with E-state index in [0.717, 1.165) is 42.5 Å². The maximum atomic E-state index is 6.19. The molecule has 0 radical (unpaired) electrons. The average molecular weight is 357 g/mol. The molecule has 21 heavy (non-hydrogen) atoms. The molecule has 3 nitrogen and oxygen atoms in total. The molecule has 0 bridgehead atoms. The molecule has 118 valence electrons. The second-order valence-corrected chi connectivity index (χ2v) is 6.36. The second kappa shape index (κ2) is 7.61. The Morgan fingerprint density at radius 2 is 1.76 bits per heavy atom. The number of halogens is 1. The molecule has 0 saturated carbocycles. The minimum atomic E-state index is -0.615. The summed E-state index contributed by atoms with van der Waals surface area (Å²) in [4.78, 5) is 0. The Balaban J connectivity index is 2.17. The predicted octanol–water partition coefficient (Wildman–Crippen LogP) is 4.63. The molecule has 1 aromatic carbocycles. The van der Waals surface area contributed by atoms with Gasteiger partial charge in [0.1, 0.15) is 5.75 Å². The van der Waals surface area contributed by atoms with E-state index in [1.54, 1.807) is 0 Å². The standard InChI is InChI=1S/C17H25BrO3/c1-4-12-19-16-8-6-15(7-9-16)17(10-5-11-18)20-13(2)14(3)21-17/h6-9,13-14H,4-5,10-12H2,1-3H3. The molecular weight excluding hydrogens is 332 g/mol. The zero-order valence-corrected chi connectivity index (χ0v) is 14.7. The molecule has 1 aliphatic rings. The lowest BCUT2D eigenvalue weighted by Crippen LogP contribution is -2.28. The zero-order chi connectivity index (χ0) is 15.3. The van der Waals surface area contributed by atoms with E-state index in [9.17, 15) is 0 Å². The van der Waals surface area contributed by atoms with E-state index in [2.05, 4.69) is 48.8 Å². The van der Waals surface area contributed by atoms with Crippen LogP contribution < -0.4 is 4.74 Å². The highest BCUT2D eigenvalue weighted by atomic mass is 79.9. The topological polar surface area (TPSA) is 27.7 Å². The van der Waals surface area contributed by atoms with Crippen LogP contribution in [-0.4, -0.2) is 24.1 Å². The summed E-state index contributed by atoms with van der Waals surface area (Å²) in [6, 6.07) is 8.12. The number of hydrogen-bond donors (Lipinski definition) is 0. The summed E-state index contributed by atoms with van der Waals surface area (Å²) >= 11 is 3.49. The Kier molecular flexibility index (Phi) is 6.08. The maximum absolute atomic E-state index is 6.19. The van der Waals surface area contributed by atoms with Crippen molar-refractivity contribution >= 4 is 15.9 Å². The second-order valence-electron chi connectivity index (χ2n) is 5.56. The Hall–Kier alpha value is -0.580. The molecule has 2 rings (SSSR count). The van der Waals surface area contributed by atoms with Crippen LogP contribution in [0.5, 0.6) is 5.75 Å². The van der Waals surface area contributed by atoms with Gasteiger partial charge in [0.15, 0.2) is 5.79 Å². The third-order valence-corrected chi connectivity index (χ3v) is 4.38. The molecule has 1 fully saturated rings. The first kappa shape index (κ1) is 16.8. The first-order valence-electron chi connectivity index (χ1n) is 7.76. The van der Waals surface area contributed by atoms with Crippen LogP contribution in [0.3, 0.4) is 0 Å². The minimum Gasteiger partial charge on any atom is -0.494 e. The summed E-state index contributed by atoms with van der Waals surface area (Å²) in [6.45, 7) is 6.99. The van der Waals surface area contributed by atoms with Gasteiger partial charge in [-0.3, -0.25) is 0 Å². The van der Waals surface area contributed by atoms with E-state index < -0.39 is 5.79 Å². The Morgan fingerprint density at radius 1 is 1.14 bits per heavy atom. The number of ether oxygens (including phenoxy) is 3. The van der Waals surface area contributed by atoms with E-state index in [1.807, 2.05) is 12.1 Å². The fourth-order valence-corrected chi connectivity index (χ4v) is 2.82. The van der Waals surface area contributed by atoms with E-state index in [-0.39, 0.29) is 12.2 Å². The summed E-state index contributed by atoms with van der Waals surface area (Å²) in [5.74, 6) is 0.283. The molecule has 1 saturated heterocycles. The van der Waals surface area contributed by atoms with Crippen LogP contribution >= 0.6 is 15.9 Å². The van der Waals surface area contributed by atoms with Gasteiger partial charge >= 0.3 is 0 Å². The van der Waals surface area contributed by atoms with Crippen molar-refractivity contribution in [2.75, 3.05) is 11.9 Å². The van der Waals surface area contributed by atoms with Crippen molar-refractivity contribution in [3.05, 3.63) is 29.8 Å². The van der Waals surface area contributed by atoms with Crippen molar-refractivity contribution in [1.82, 2.24) is 0 Å². The van der Waals surface area contributed by atoms with Crippen LogP contribution in [0.2, 0.25) is 0 Å². The van der Waals surface area contributed by atoms with Crippen molar-refractivity contribution in [1.29, 1.82) is 0 Å². The van der Waals surface area contributed by atoms with Crippen molar-refractivity contribution in [3.63, 3.8) is 0 Å². The van der Waals surface area contributed by atoms with Gasteiger partial charge in [0.05, 0.1) is 18.8 Å². The van der Waals surface area contributed by atoms with Crippen LogP contribution in [0, 0.1) is 0 Å². The summed E-state index contributed by atoms with van der Waals surface area (Å²) in [7, 11) is 0. The summed E-state index contributed by atoms with van der Waals surface area (Å²) < 4.78 is 18.0. The van der Waals surface area contributed by atoms with Gasteiger partial charge in [-0.2, -0.15) is 0 Å². The first-order valence-corrected chi connectivity index (χ1v) is 8.88. The largest absolute Gasteiger partial charge is 0.494 e. The third-order valence-electron chi connectivity index (χ3n) is 3.82.